The van der Waals surface area contributed by atoms with Crippen molar-refractivity contribution in [2.75, 3.05) is 0 Å². The van der Waals surface area contributed by atoms with Crippen molar-refractivity contribution >= 4 is 21.6 Å². The second-order valence-electron chi connectivity index (χ2n) is 4.60. The van der Waals surface area contributed by atoms with E-state index in [-0.39, 0.29) is 10.2 Å². The van der Waals surface area contributed by atoms with Gasteiger partial charge >= 0.3 is 0 Å². The van der Waals surface area contributed by atoms with Crippen LogP contribution in [0.5, 0.6) is 0 Å². The summed E-state index contributed by atoms with van der Waals surface area (Å²) in [5.74, 6) is 0. The molecule has 0 aromatic heterocycles. The monoisotopic (exact) mass is 289 g/mol. The smallest absolute Gasteiger partial charge is 0.255 e. The van der Waals surface area contributed by atoms with Crippen LogP contribution < -0.4 is 0 Å². The van der Waals surface area contributed by atoms with Crippen molar-refractivity contribution in [2.45, 2.75) is 57.1 Å². The van der Waals surface area contributed by atoms with Gasteiger partial charge in [0.1, 0.15) is 0 Å². The third kappa shape index (κ3) is 7.11. The molecule has 104 valence electrons. The van der Waals surface area contributed by atoms with Gasteiger partial charge < -0.3 is 0 Å². The Bertz CT molecular complexity index is 316. The molecule has 0 aromatic carbocycles. The summed E-state index contributed by atoms with van der Waals surface area (Å²) in [5, 5.41) is 11.9. The molecular formula is C13H23NO2S2. The lowest BCUT2D eigenvalue weighted by molar-refractivity contribution is -0.535. The van der Waals surface area contributed by atoms with E-state index in [0.29, 0.717) is 5.25 Å². The van der Waals surface area contributed by atoms with Crippen LogP contribution in [0.1, 0.15) is 41.0 Å². The maximum atomic E-state index is 11.1. The molecule has 0 fully saturated rings. The van der Waals surface area contributed by atoms with Gasteiger partial charge in [-0.05, 0) is 25.5 Å². The number of rotatable bonds is 8. The van der Waals surface area contributed by atoms with Crippen LogP contribution in [0.15, 0.2) is 24.3 Å². The quantitative estimate of drug-likeness (QED) is 0.280. The maximum absolute atomic E-state index is 11.1. The van der Waals surface area contributed by atoms with E-state index >= 15 is 0 Å². The number of nitro groups is 1. The van der Waals surface area contributed by atoms with Crippen molar-refractivity contribution in [3.63, 3.8) is 0 Å². The second-order valence-corrected chi connectivity index (χ2v) is 7.82. The minimum Gasteiger partial charge on any atom is -0.263 e. The molecule has 2 atom stereocenters. The van der Waals surface area contributed by atoms with Crippen LogP contribution in [0.25, 0.3) is 0 Å². The van der Waals surface area contributed by atoms with Gasteiger partial charge in [0.15, 0.2) is 0 Å². The molecule has 5 heteroatoms. The molecule has 0 radical (unpaired) electrons. The zero-order valence-electron chi connectivity index (χ0n) is 11.8. The highest BCUT2D eigenvalue weighted by Crippen LogP contribution is 2.31. The summed E-state index contributed by atoms with van der Waals surface area (Å²) in [6, 6.07) is 0. The fraction of sp³-hybridized carbons (Fsp3) is 0.692. The summed E-state index contributed by atoms with van der Waals surface area (Å²) in [6.07, 6.45) is 7.93. The molecule has 0 aliphatic carbocycles. The first-order valence-electron chi connectivity index (χ1n) is 6.15. The molecule has 2 unspecified atom stereocenters. The topological polar surface area (TPSA) is 43.1 Å². The summed E-state index contributed by atoms with van der Waals surface area (Å²) in [4.78, 5) is 10.8. The zero-order valence-corrected chi connectivity index (χ0v) is 13.4. The summed E-state index contributed by atoms with van der Waals surface area (Å²) in [6.45, 7) is 9.93. The minimum atomic E-state index is -1.09. The van der Waals surface area contributed by atoms with E-state index < -0.39 is 5.54 Å². The highest BCUT2D eigenvalue weighted by molar-refractivity contribution is 8.77. The third-order valence-electron chi connectivity index (χ3n) is 2.19. The zero-order chi connectivity index (χ0) is 14.2. The Morgan fingerprint density at radius 2 is 1.89 bits per heavy atom. The van der Waals surface area contributed by atoms with Crippen molar-refractivity contribution in [1.29, 1.82) is 0 Å². The predicted octanol–water partition coefficient (Wildman–Crippen LogP) is 4.72. The molecule has 3 nitrogen and oxygen atoms in total. The van der Waals surface area contributed by atoms with Crippen molar-refractivity contribution in [1.82, 2.24) is 0 Å². The highest BCUT2D eigenvalue weighted by atomic mass is 33.1. The molecule has 18 heavy (non-hydrogen) atoms. The van der Waals surface area contributed by atoms with Crippen molar-refractivity contribution in [3.05, 3.63) is 34.4 Å². The molecule has 0 aliphatic rings. The molecule has 0 N–H and O–H groups in total. The van der Waals surface area contributed by atoms with Crippen molar-refractivity contribution in [2.24, 2.45) is 0 Å². The summed E-state index contributed by atoms with van der Waals surface area (Å²) < 4.78 is 0. The molecule has 0 amide bonds. The number of hydrogen-bond donors (Lipinski definition) is 0. The number of hydrogen-bond acceptors (Lipinski definition) is 4. The fourth-order valence-corrected chi connectivity index (χ4v) is 3.02. The van der Waals surface area contributed by atoms with Gasteiger partial charge in [-0.25, -0.2) is 0 Å². The van der Waals surface area contributed by atoms with Crippen LogP contribution in [-0.4, -0.2) is 21.0 Å². The van der Waals surface area contributed by atoms with Crippen LogP contribution >= 0.6 is 21.6 Å². The minimum absolute atomic E-state index is 0.247. The van der Waals surface area contributed by atoms with E-state index in [0.717, 1.165) is 6.42 Å². The fourth-order valence-electron chi connectivity index (χ4n) is 1.09. The summed E-state index contributed by atoms with van der Waals surface area (Å²) >= 11 is 0. The normalized spacial score (nSPS) is 17.4. The molecule has 0 aromatic rings. The van der Waals surface area contributed by atoms with Gasteiger partial charge in [0.2, 0.25) is 0 Å². The van der Waals surface area contributed by atoms with Gasteiger partial charge in [0, 0.05) is 22.3 Å². The van der Waals surface area contributed by atoms with Gasteiger partial charge in [0.05, 0.1) is 0 Å². The Hall–Kier alpha value is -0.420. The van der Waals surface area contributed by atoms with Crippen LogP contribution in [-0.2, 0) is 0 Å². The van der Waals surface area contributed by atoms with Gasteiger partial charge in [-0.15, -0.1) is 0 Å². The Morgan fingerprint density at radius 1 is 1.28 bits per heavy atom. The van der Waals surface area contributed by atoms with Crippen molar-refractivity contribution < 1.29 is 4.92 Å². The molecule has 0 aliphatic heterocycles. The summed E-state index contributed by atoms with van der Waals surface area (Å²) in [5.41, 5.74) is -1.09. The molecule has 0 heterocycles. The van der Waals surface area contributed by atoms with Gasteiger partial charge in [-0.3, -0.25) is 10.1 Å². The Kier molecular flexibility index (Phi) is 8.44. The van der Waals surface area contributed by atoms with Gasteiger partial charge in [0.25, 0.3) is 5.54 Å². The van der Waals surface area contributed by atoms with E-state index in [2.05, 4.69) is 20.8 Å². The van der Waals surface area contributed by atoms with E-state index in [1.54, 1.807) is 40.7 Å². The molecule has 0 saturated heterocycles. The maximum Gasteiger partial charge on any atom is 0.255 e. The first-order valence-corrected chi connectivity index (χ1v) is 8.43. The Morgan fingerprint density at radius 3 is 2.33 bits per heavy atom. The van der Waals surface area contributed by atoms with Gasteiger partial charge in [-0.2, -0.15) is 0 Å². The highest BCUT2D eigenvalue weighted by Gasteiger charge is 2.30. The van der Waals surface area contributed by atoms with Crippen LogP contribution in [0.2, 0.25) is 0 Å². The molecule has 0 bridgehead atoms. The van der Waals surface area contributed by atoms with Crippen LogP contribution in [0.4, 0.5) is 0 Å². The SMILES string of the molecule is CC/C=C\C(C)(/C=C\C(C)SSC(C)C)[N+](=O)[O-]. The first kappa shape index (κ1) is 17.6. The standard InChI is InChI=1S/C13H23NO2S2/c1-6-7-9-13(5,14(15)16)10-8-12(4)18-17-11(2)3/h7-12H,6H2,1-5H3/b9-7-,10-8-. The van der Waals surface area contributed by atoms with E-state index in [9.17, 15) is 10.1 Å². The Labute approximate surface area is 118 Å². The van der Waals surface area contributed by atoms with Gasteiger partial charge in [-0.1, -0.05) is 54.5 Å². The molecule has 0 rings (SSSR count). The predicted molar refractivity (Wildman–Crippen MR) is 83.8 cm³/mol. The van der Waals surface area contributed by atoms with Crippen LogP contribution in [0.3, 0.4) is 0 Å². The van der Waals surface area contributed by atoms with E-state index in [1.807, 2.05) is 19.1 Å². The van der Waals surface area contributed by atoms with E-state index in [4.69, 9.17) is 0 Å². The lowest BCUT2D eigenvalue weighted by atomic mass is 10.0. The third-order valence-corrected chi connectivity index (χ3v) is 5.54. The Balaban J connectivity index is 4.58. The van der Waals surface area contributed by atoms with E-state index in [1.165, 1.54) is 0 Å². The second kappa shape index (κ2) is 8.64. The first-order chi connectivity index (χ1) is 8.31. The average molecular weight is 289 g/mol. The number of allylic oxidation sites excluding steroid dienone is 1. The molecule has 0 saturated carbocycles. The summed E-state index contributed by atoms with van der Waals surface area (Å²) in [7, 11) is 3.54. The number of nitrogens with zero attached hydrogens (tertiary/aromatic N) is 1. The van der Waals surface area contributed by atoms with Crippen molar-refractivity contribution in [3.8, 4) is 0 Å². The molecular weight excluding hydrogens is 266 g/mol. The molecule has 0 spiro atoms. The lowest BCUT2D eigenvalue weighted by Crippen LogP contribution is -2.30. The largest absolute Gasteiger partial charge is 0.263 e. The van der Waals surface area contributed by atoms with Crippen LogP contribution in [0, 0.1) is 10.1 Å². The average Bonchev–Trinajstić information content (AvgIpc) is 2.30. The lowest BCUT2D eigenvalue weighted by Gasteiger charge is -2.13.